The van der Waals surface area contributed by atoms with Crippen LogP contribution in [0.1, 0.15) is 27.7 Å². The number of fused-ring (bicyclic) bond motifs is 1. The molecular weight excluding hydrogens is 368 g/mol. The number of aromatic nitrogens is 1. The lowest BCUT2D eigenvalue weighted by Gasteiger charge is -2.19. The normalized spacial score (nSPS) is 11.7. The van der Waals surface area contributed by atoms with Gasteiger partial charge in [0.05, 0.1) is 16.2 Å². The first kappa shape index (κ1) is 18.3. The molecule has 29 heavy (non-hydrogen) atoms. The third kappa shape index (κ3) is 3.82. The van der Waals surface area contributed by atoms with Crippen LogP contribution in [0.5, 0.6) is 0 Å². The standard InChI is InChI=1S/C23H16N2O4/c26-23(18-7-2-1-3-8-18)29-22(17-10-12-19(13-11-17)25(27)28)21-20-9-5-4-6-16(20)14-15-24-21/h1-15,22H. The fraction of sp³-hybridized carbons (Fsp3) is 0.0435. The summed E-state index contributed by atoms with van der Waals surface area (Å²) in [4.78, 5) is 27.8. The predicted octanol–water partition coefficient (Wildman–Crippen LogP) is 5.09. The lowest BCUT2D eigenvalue weighted by atomic mass is 10.0. The molecule has 0 aliphatic heterocycles. The van der Waals surface area contributed by atoms with Crippen LogP contribution >= 0.6 is 0 Å². The van der Waals surface area contributed by atoms with E-state index in [1.54, 1.807) is 42.6 Å². The fourth-order valence-electron chi connectivity index (χ4n) is 3.15. The molecule has 0 aliphatic rings. The SMILES string of the molecule is O=C(OC(c1ccc([N+](=O)[O-])cc1)c1nccc2ccccc12)c1ccccc1. The molecule has 1 heterocycles. The van der Waals surface area contributed by atoms with Crippen LogP contribution in [0.3, 0.4) is 0 Å². The highest BCUT2D eigenvalue weighted by molar-refractivity contribution is 5.90. The molecule has 1 atom stereocenters. The van der Waals surface area contributed by atoms with E-state index in [4.69, 9.17) is 4.74 Å². The topological polar surface area (TPSA) is 82.3 Å². The molecule has 0 N–H and O–H groups in total. The van der Waals surface area contributed by atoms with Gasteiger partial charge in [0.15, 0.2) is 6.10 Å². The molecule has 142 valence electrons. The summed E-state index contributed by atoms with van der Waals surface area (Å²) < 4.78 is 5.85. The molecule has 4 rings (SSSR count). The summed E-state index contributed by atoms with van der Waals surface area (Å²) in [6.07, 6.45) is 0.849. The minimum atomic E-state index is -0.811. The van der Waals surface area contributed by atoms with Crippen molar-refractivity contribution in [3.63, 3.8) is 0 Å². The molecule has 0 spiro atoms. The predicted molar refractivity (Wildman–Crippen MR) is 109 cm³/mol. The number of carbonyl (C=O) groups is 1. The number of nitrogens with zero attached hydrogens (tertiary/aromatic N) is 2. The number of nitro benzene ring substituents is 1. The molecule has 0 bridgehead atoms. The maximum absolute atomic E-state index is 12.8. The Morgan fingerprint density at radius 3 is 2.31 bits per heavy atom. The minimum absolute atomic E-state index is 0.0345. The number of esters is 1. The van der Waals surface area contributed by atoms with Crippen molar-refractivity contribution in [2.45, 2.75) is 6.10 Å². The van der Waals surface area contributed by atoms with Gasteiger partial charge in [-0.05, 0) is 41.3 Å². The summed E-state index contributed by atoms with van der Waals surface area (Å²) in [7, 11) is 0. The summed E-state index contributed by atoms with van der Waals surface area (Å²) >= 11 is 0. The van der Waals surface area contributed by atoms with E-state index in [0.717, 1.165) is 10.8 Å². The number of hydrogen-bond acceptors (Lipinski definition) is 5. The molecule has 0 saturated heterocycles. The van der Waals surface area contributed by atoms with Crippen molar-refractivity contribution < 1.29 is 14.5 Å². The van der Waals surface area contributed by atoms with Gasteiger partial charge in [-0.1, -0.05) is 42.5 Å². The monoisotopic (exact) mass is 384 g/mol. The number of nitro groups is 1. The summed E-state index contributed by atoms with van der Waals surface area (Å²) in [5.41, 5.74) is 1.55. The quantitative estimate of drug-likeness (QED) is 0.272. The molecular formula is C23H16N2O4. The third-order valence-electron chi connectivity index (χ3n) is 4.59. The lowest BCUT2D eigenvalue weighted by Crippen LogP contribution is -2.14. The Bertz CT molecular complexity index is 1170. The van der Waals surface area contributed by atoms with E-state index in [-0.39, 0.29) is 5.69 Å². The lowest BCUT2D eigenvalue weighted by molar-refractivity contribution is -0.384. The molecule has 0 radical (unpaired) electrons. The summed E-state index contributed by atoms with van der Waals surface area (Å²) in [5, 5.41) is 12.8. The maximum Gasteiger partial charge on any atom is 0.339 e. The number of hydrogen-bond donors (Lipinski definition) is 0. The van der Waals surface area contributed by atoms with Crippen molar-refractivity contribution in [1.29, 1.82) is 0 Å². The van der Waals surface area contributed by atoms with Crippen LogP contribution in [0.15, 0.2) is 91.1 Å². The second-order valence-electron chi connectivity index (χ2n) is 6.42. The van der Waals surface area contributed by atoms with Crippen LogP contribution in [-0.4, -0.2) is 15.9 Å². The minimum Gasteiger partial charge on any atom is -0.447 e. The van der Waals surface area contributed by atoms with Crippen LogP contribution in [0, 0.1) is 10.1 Å². The van der Waals surface area contributed by atoms with Gasteiger partial charge in [-0.15, -0.1) is 0 Å². The van der Waals surface area contributed by atoms with Crippen molar-refractivity contribution in [2.75, 3.05) is 0 Å². The van der Waals surface area contributed by atoms with Gasteiger partial charge in [0, 0.05) is 23.7 Å². The average molecular weight is 384 g/mol. The highest BCUT2D eigenvalue weighted by Crippen LogP contribution is 2.32. The summed E-state index contributed by atoms with van der Waals surface area (Å²) in [6.45, 7) is 0. The van der Waals surface area contributed by atoms with Crippen molar-refractivity contribution >= 4 is 22.4 Å². The second kappa shape index (κ2) is 7.90. The molecule has 4 aromatic rings. The van der Waals surface area contributed by atoms with E-state index in [1.807, 2.05) is 36.4 Å². The molecule has 6 heteroatoms. The van der Waals surface area contributed by atoms with Gasteiger partial charge < -0.3 is 4.74 Å². The Hall–Kier alpha value is -4.06. The fourth-order valence-corrected chi connectivity index (χ4v) is 3.15. The van der Waals surface area contributed by atoms with Crippen LogP contribution in [-0.2, 0) is 4.74 Å². The van der Waals surface area contributed by atoms with E-state index in [1.165, 1.54) is 12.1 Å². The highest BCUT2D eigenvalue weighted by atomic mass is 16.6. The highest BCUT2D eigenvalue weighted by Gasteiger charge is 2.24. The first-order chi connectivity index (χ1) is 14.1. The first-order valence-corrected chi connectivity index (χ1v) is 8.97. The van der Waals surface area contributed by atoms with Crippen molar-refractivity contribution in [1.82, 2.24) is 4.98 Å². The molecule has 1 aromatic heterocycles. The van der Waals surface area contributed by atoms with Gasteiger partial charge in [-0.2, -0.15) is 0 Å². The van der Waals surface area contributed by atoms with Crippen LogP contribution in [0.25, 0.3) is 10.8 Å². The number of benzene rings is 3. The molecule has 6 nitrogen and oxygen atoms in total. The molecule has 0 amide bonds. The van der Waals surface area contributed by atoms with Gasteiger partial charge in [-0.3, -0.25) is 15.1 Å². The molecule has 1 unspecified atom stereocenters. The van der Waals surface area contributed by atoms with E-state index < -0.39 is 17.0 Å². The summed E-state index contributed by atoms with van der Waals surface area (Å²) in [5.74, 6) is -0.497. The van der Waals surface area contributed by atoms with Crippen molar-refractivity contribution in [3.05, 3.63) is 118 Å². The van der Waals surface area contributed by atoms with Crippen molar-refractivity contribution in [3.8, 4) is 0 Å². The average Bonchev–Trinajstić information content (AvgIpc) is 2.77. The van der Waals surface area contributed by atoms with E-state index in [9.17, 15) is 14.9 Å². The van der Waals surface area contributed by atoms with Gasteiger partial charge in [0.1, 0.15) is 0 Å². The zero-order chi connectivity index (χ0) is 20.2. The van der Waals surface area contributed by atoms with Gasteiger partial charge in [0.25, 0.3) is 5.69 Å². The number of ether oxygens (including phenoxy) is 1. The number of non-ortho nitro benzene ring substituents is 1. The Balaban J connectivity index is 1.80. The van der Waals surface area contributed by atoms with E-state index in [0.29, 0.717) is 16.8 Å². The maximum atomic E-state index is 12.8. The van der Waals surface area contributed by atoms with E-state index >= 15 is 0 Å². The molecule has 3 aromatic carbocycles. The first-order valence-electron chi connectivity index (χ1n) is 8.97. The van der Waals surface area contributed by atoms with Crippen molar-refractivity contribution in [2.24, 2.45) is 0 Å². The second-order valence-corrected chi connectivity index (χ2v) is 6.42. The third-order valence-corrected chi connectivity index (χ3v) is 4.59. The number of rotatable bonds is 5. The van der Waals surface area contributed by atoms with Gasteiger partial charge in [0.2, 0.25) is 0 Å². The number of pyridine rings is 1. The van der Waals surface area contributed by atoms with Crippen LogP contribution in [0.2, 0.25) is 0 Å². The van der Waals surface area contributed by atoms with Crippen LogP contribution in [0.4, 0.5) is 5.69 Å². The zero-order valence-corrected chi connectivity index (χ0v) is 15.3. The van der Waals surface area contributed by atoms with Gasteiger partial charge >= 0.3 is 5.97 Å². The molecule has 0 saturated carbocycles. The number of carbonyl (C=O) groups excluding carboxylic acids is 1. The van der Waals surface area contributed by atoms with E-state index in [2.05, 4.69) is 4.98 Å². The Morgan fingerprint density at radius 1 is 0.897 bits per heavy atom. The summed E-state index contributed by atoms with van der Waals surface area (Å²) in [6, 6.07) is 24.2. The van der Waals surface area contributed by atoms with Crippen LogP contribution < -0.4 is 0 Å². The Labute approximate surface area is 166 Å². The Kier molecular flexibility index (Phi) is 4.99. The zero-order valence-electron chi connectivity index (χ0n) is 15.3. The Morgan fingerprint density at radius 2 is 1.59 bits per heavy atom. The smallest absolute Gasteiger partial charge is 0.339 e. The molecule has 0 aliphatic carbocycles. The molecule has 0 fully saturated rings. The van der Waals surface area contributed by atoms with Gasteiger partial charge in [-0.25, -0.2) is 4.79 Å². The largest absolute Gasteiger partial charge is 0.447 e.